The van der Waals surface area contributed by atoms with Gasteiger partial charge in [0.15, 0.2) is 5.69 Å². The number of rotatable bonds is 9. The fraction of sp³-hybridized carbons (Fsp3) is 0.214. The van der Waals surface area contributed by atoms with Crippen LogP contribution in [0.15, 0.2) is 103 Å². The Bertz CT molecular complexity index is 1270. The van der Waals surface area contributed by atoms with Crippen molar-refractivity contribution < 1.29 is 13.2 Å². The molecule has 0 saturated carbocycles. The van der Waals surface area contributed by atoms with Crippen LogP contribution in [0.4, 0.5) is 5.69 Å². The molecule has 0 saturated heterocycles. The lowest BCUT2D eigenvalue weighted by atomic mass is 10.1. The van der Waals surface area contributed by atoms with Gasteiger partial charge in [-0.15, -0.1) is 0 Å². The summed E-state index contributed by atoms with van der Waals surface area (Å²) in [7, 11) is -3.48. The fourth-order valence-corrected chi connectivity index (χ4v) is 6.10. The summed E-state index contributed by atoms with van der Waals surface area (Å²) in [6.07, 6.45) is 6.98. The van der Waals surface area contributed by atoms with E-state index >= 15 is 0 Å². The first-order valence-corrected chi connectivity index (χ1v) is 13.2. The van der Waals surface area contributed by atoms with Gasteiger partial charge in [-0.25, -0.2) is 0 Å². The average molecular weight is 476 g/mol. The zero-order valence-electron chi connectivity index (χ0n) is 19.4. The third-order valence-electron chi connectivity index (χ3n) is 5.96. The second kappa shape index (κ2) is 10.4. The molecule has 1 unspecified atom stereocenters. The average Bonchev–Trinajstić information content (AvgIpc) is 2.86. The zero-order valence-corrected chi connectivity index (χ0v) is 20.2. The lowest BCUT2D eigenvalue weighted by Gasteiger charge is -2.34. The normalized spacial score (nSPS) is 17.9. The Morgan fingerprint density at radius 2 is 1.50 bits per heavy atom. The van der Waals surface area contributed by atoms with Crippen molar-refractivity contribution in [2.75, 3.05) is 18.8 Å². The summed E-state index contributed by atoms with van der Waals surface area (Å²) in [4.78, 5) is 0. The number of nitrogens with zero attached hydrogens (tertiary/aromatic N) is 1. The van der Waals surface area contributed by atoms with Gasteiger partial charge in [-0.3, -0.25) is 0 Å². The van der Waals surface area contributed by atoms with Gasteiger partial charge in [-0.1, -0.05) is 55.5 Å². The molecule has 0 spiro atoms. The molecule has 34 heavy (non-hydrogen) atoms. The van der Waals surface area contributed by atoms with E-state index < -0.39 is 10.0 Å². The van der Waals surface area contributed by atoms with Gasteiger partial charge in [0.25, 0.3) is 0 Å². The minimum Gasteiger partial charge on any atom is -0.457 e. The summed E-state index contributed by atoms with van der Waals surface area (Å²) >= 11 is 0. The quantitative estimate of drug-likeness (QED) is 0.413. The van der Waals surface area contributed by atoms with E-state index in [-0.39, 0.29) is 9.64 Å². The van der Waals surface area contributed by atoms with Gasteiger partial charge in [0.2, 0.25) is 0 Å². The standard InChI is InChI=1S/C28H31N2O3S/c1-2-19-34(31,32)30(18-6-9-25(21-29)22-30)26-12-16-28(17-13-26)33-27-14-10-24(11-15-27)20-23-7-4-3-5-8-23/h3-17,22H,2,18-21,29H2,1H3/q+1. The molecule has 0 aliphatic carbocycles. The van der Waals surface area contributed by atoms with E-state index in [0.29, 0.717) is 30.9 Å². The molecule has 1 atom stereocenters. The van der Waals surface area contributed by atoms with Crippen LogP contribution in [0.25, 0.3) is 0 Å². The van der Waals surface area contributed by atoms with Crippen molar-refractivity contribution >= 4 is 15.7 Å². The Morgan fingerprint density at radius 3 is 2.12 bits per heavy atom. The molecule has 0 amide bonds. The molecule has 0 bridgehead atoms. The first-order chi connectivity index (χ1) is 16.5. The van der Waals surface area contributed by atoms with Gasteiger partial charge < -0.3 is 10.5 Å². The van der Waals surface area contributed by atoms with Crippen LogP contribution in [0.2, 0.25) is 0 Å². The van der Waals surface area contributed by atoms with Gasteiger partial charge in [-0.05, 0) is 54.3 Å². The van der Waals surface area contributed by atoms with Crippen LogP contribution >= 0.6 is 0 Å². The highest BCUT2D eigenvalue weighted by atomic mass is 32.2. The predicted molar refractivity (Wildman–Crippen MR) is 139 cm³/mol. The van der Waals surface area contributed by atoms with Crippen molar-refractivity contribution in [3.8, 4) is 11.5 Å². The molecule has 3 aromatic rings. The van der Waals surface area contributed by atoms with E-state index in [4.69, 9.17) is 10.5 Å². The van der Waals surface area contributed by atoms with Crippen LogP contribution in [-0.4, -0.2) is 27.3 Å². The maximum absolute atomic E-state index is 13.3. The molecule has 1 aliphatic rings. The molecule has 176 valence electrons. The van der Waals surface area contributed by atoms with E-state index in [1.807, 2.05) is 73.7 Å². The summed E-state index contributed by atoms with van der Waals surface area (Å²) in [6, 6.07) is 25.7. The van der Waals surface area contributed by atoms with Crippen molar-refractivity contribution in [1.82, 2.24) is 3.89 Å². The maximum atomic E-state index is 13.3. The minimum absolute atomic E-state index is 0.1000. The summed E-state index contributed by atoms with van der Waals surface area (Å²) < 4.78 is 32.4. The van der Waals surface area contributed by atoms with E-state index in [0.717, 1.165) is 17.7 Å². The topological polar surface area (TPSA) is 69.4 Å². The molecule has 3 aromatic carbocycles. The number of hydrogen-bond acceptors (Lipinski definition) is 4. The Hall–Kier alpha value is -3.19. The Labute approximate surface area is 202 Å². The molecule has 1 heterocycles. The van der Waals surface area contributed by atoms with Gasteiger partial charge in [-0.2, -0.15) is 12.3 Å². The van der Waals surface area contributed by atoms with Gasteiger partial charge >= 0.3 is 10.0 Å². The van der Waals surface area contributed by atoms with Crippen molar-refractivity contribution in [3.05, 3.63) is 114 Å². The predicted octanol–water partition coefficient (Wildman–Crippen LogP) is 5.53. The zero-order chi connectivity index (χ0) is 24.0. The Morgan fingerprint density at radius 1 is 0.882 bits per heavy atom. The van der Waals surface area contributed by atoms with E-state index in [2.05, 4.69) is 24.3 Å². The fourth-order valence-electron chi connectivity index (χ4n) is 4.21. The highest BCUT2D eigenvalue weighted by molar-refractivity contribution is 7.91. The molecule has 6 heteroatoms. The summed E-state index contributed by atoms with van der Waals surface area (Å²) in [6.45, 7) is 2.51. The third-order valence-corrected chi connectivity index (χ3v) is 8.34. The van der Waals surface area contributed by atoms with Crippen LogP contribution in [-0.2, 0) is 16.4 Å². The number of quaternary nitrogens is 1. The molecule has 0 radical (unpaired) electrons. The second-order valence-electron chi connectivity index (χ2n) is 8.48. The van der Waals surface area contributed by atoms with E-state index in [1.165, 1.54) is 11.1 Å². The molecule has 2 N–H and O–H groups in total. The van der Waals surface area contributed by atoms with E-state index in [9.17, 15) is 8.42 Å². The molecule has 0 aromatic heterocycles. The maximum Gasteiger partial charge on any atom is 0.306 e. The van der Waals surface area contributed by atoms with Crippen molar-refractivity contribution in [1.29, 1.82) is 0 Å². The van der Waals surface area contributed by atoms with Crippen LogP contribution in [0.5, 0.6) is 11.5 Å². The number of sulfonamides is 1. The smallest absolute Gasteiger partial charge is 0.306 e. The highest BCUT2D eigenvalue weighted by Gasteiger charge is 2.42. The number of hydrogen-bond donors (Lipinski definition) is 1. The lowest BCUT2D eigenvalue weighted by molar-refractivity contribution is 0.480. The Balaban J connectivity index is 1.54. The summed E-state index contributed by atoms with van der Waals surface area (Å²) in [5.41, 5.74) is 9.80. The van der Waals surface area contributed by atoms with Crippen molar-refractivity contribution in [3.63, 3.8) is 0 Å². The Kier molecular flexibility index (Phi) is 7.32. The molecule has 0 fully saturated rings. The monoisotopic (exact) mass is 475 g/mol. The minimum atomic E-state index is -3.48. The van der Waals surface area contributed by atoms with Crippen LogP contribution in [0, 0.1) is 0 Å². The largest absolute Gasteiger partial charge is 0.457 e. The second-order valence-corrected chi connectivity index (χ2v) is 10.7. The molecule has 1 aliphatic heterocycles. The molecular weight excluding hydrogens is 444 g/mol. The molecule has 4 rings (SSSR count). The highest BCUT2D eigenvalue weighted by Crippen LogP contribution is 2.35. The van der Waals surface area contributed by atoms with Crippen LogP contribution in [0.1, 0.15) is 24.5 Å². The van der Waals surface area contributed by atoms with Crippen LogP contribution < -0.4 is 14.4 Å². The van der Waals surface area contributed by atoms with Gasteiger partial charge in [0.05, 0.1) is 0 Å². The van der Waals surface area contributed by atoms with Gasteiger partial charge in [0.1, 0.15) is 30.0 Å². The SMILES string of the molecule is CCCS(=O)(=O)[N+]1(c2ccc(Oc3ccc(Cc4ccccc4)cc3)cc2)C=C(CN)C=CC1. The van der Waals surface area contributed by atoms with Crippen LogP contribution in [0.3, 0.4) is 0 Å². The number of benzene rings is 3. The molecule has 5 nitrogen and oxygen atoms in total. The number of nitrogens with two attached hydrogens (primary N) is 1. The summed E-state index contributed by atoms with van der Waals surface area (Å²) in [5, 5.41) is 0. The number of ether oxygens (including phenoxy) is 1. The van der Waals surface area contributed by atoms with Crippen molar-refractivity contribution in [2.24, 2.45) is 5.73 Å². The van der Waals surface area contributed by atoms with E-state index in [1.54, 1.807) is 6.20 Å². The van der Waals surface area contributed by atoms with Crippen molar-refractivity contribution in [2.45, 2.75) is 19.8 Å². The van der Waals surface area contributed by atoms with Gasteiger partial charge in [0, 0.05) is 24.3 Å². The lowest BCUT2D eigenvalue weighted by Crippen LogP contribution is -2.52. The first kappa shape index (κ1) is 24.0. The molecular formula is C28H31N2O3S+. The summed E-state index contributed by atoms with van der Waals surface area (Å²) in [5.74, 6) is 1.49. The first-order valence-electron chi connectivity index (χ1n) is 11.6. The third kappa shape index (κ3) is 5.14.